The fourth-order valence-electron chi connectivity index (χ4n) is 9.42. The summed E-state index contributed by atoms with van der Waals surface area (Å²) in [4.78, 5) is 19.1. The third-order valence-electron chi connectivity index (χ3n) is 12.0. The zero-order chi connectivity index (χ0) is 38.9. The summed E-state index contributed by atoms with van der Waals surface area (Å²) in [5, 5.41) is 5.88. The van der Waals surface area contributed by atoms with Gasteiger partial charge in [0, 0.05) is 27.6 Å². The van der Waals surface area contributed by atoms with Gasteiger partial charge in [0.1, 0.15) is 11.2 Å². The highest BCUT2D eigenvalue weighted by Crippen LogP contribution is 2.47. The van der Waals surface area contributed by atoms with Crippen LogP contribution in [-0.4, -0.2) is 34.6 Å². The smallest absolute Gasteiger partial charge is 0.524 e. The molecule has 2 aromatic heterocycles. The molecular formula is C51H34BN5OSi. The average molecular weight is 772 g/mol. The van der Waals surface area contributed by atoms with E-state index in [1.807, 2.05) is 6.07 Å². The quantitative estimate of drug-likeness (QED) is 0.127. The minimum atomic E-state index is -3.19. The maximum absolute atomic E-state index is 6.69. The Morgan fingerprint density at radius 2 is 1.00 bits per heavy atom. The van der Waals surface area contributed by atoms with E-state index in [1.54, 1.807) is 0 Å². The van der Waals surface area contributed by atoms with Gasteiger partial charge in [-0.3, -0.25) is 4.57 Å². The van der Waals surface area contributed by atoms with Gasteiger partial charge in [0.05, 0.1) is 16.7 Å². The average Bonchev–Trinajstić information content (AvgIpc) is 3.87. The molecule has 0 saturated heterocycles. The first-order valence-corrected chi connectivity index (χ1v) is 22.0. The van der Waals surface area contributed by atoms with Crippen LogP contribution < -0.4 is 35.9 Å². The summed E-state index contributed by atoms with van der Waals surface area (Å²) >= 11 is 0. The second kappa shape index (κ2) is 13.3. The minimum Gasteiger partial charge on any atom is -0.536 e. The van der Waals surface area contributed by atoms with Crippen molar-refractivity contribution in [2.75, 3.05) is 4.81 Å². The lowest BCUT2D eigenvalue weighted by atomic mass is 9.64. The molecule has 0 aliphatic carbocycles. The van der Waals surface area contributed by atoms with Gasteiger partial charge in [0.25, 0.3) is 0 Å². The minimum absolute atomic E-state index is 0.289. The van der Waals surface area contributed by atoms with Gasteiger partial charge in [-0.1, -0.05) is 170 Å². The van der Waals surface area contributed by atoms with E-state index in [0.29, 0.717) is 11.8 Å². The number of hydrogen-bond donors (Lipinski definition) is 0. The van der Waals surface area contributed by atoms with Gasteiger partial charge < -0.3 is 9.47 Å². The topological polar surface area (TPSA) is 56.1 Å². The molecule has 2 aliphatic heterocycles. The molecule has 4 heterocycles. The number of para-hydroxylation sites is 5. The fourth-order valence-corrected chi connectivity index (χ4v) is 13.8. The Morgan fingerprint density at radius 1 is 0.458 bits per heavy atom. The van der Waals surface area contributed by atoms with Crippen molar-refractivity contribution in [2.45, 2.75) is 0 Å². The molecule has 0 unspecified atom stereocenters. The van der Waals surface area contributed by atoms with E-state index in [1.165, 1.54) is 15.6 Å². The maximum atomic E-state index is 6.69. The molecule has 276 valence electrons. The molecule has 0 N–H and O–H groups in total. The Kier molecular flexibility index (Phi) is 7.55. The number of nitrogens with zero attached hydrogens (tertiary/aromatic N) is 5. The molecule has 0 bridgehead atoms. The molecule has 2 aliphatic rings. The van der Waals surface area contributed by atoms with Crippen LogP contribution in [0.25, 0.3) is 50.3 Å². The predicted molar refractivity (Wildman–Crippen MR) is 243 cm³/mol. The highest BCUT2D eigenvalue weighted by atomic mass is 28.3. The van der Waals surface area contributed by atoms with E-state index in [2.05, 4.69) is 210 Å². The van der Waals surface area contributed by atoms with Crippen LogP contribution in [0.1, 0.15) is 0 Å². The molecule has 12 rings (SSSR count). The first-order chi connectivity index (χ1) is 29.3. The zero-order valence-corrected chi connectivity index (χ0v) is 32.9. The summed E-state index contributed by atoms with van der Waals surface area (Å²) in [7, 11) is -3.47. The molecule has 8 heteroatoms. The molecule has 0 saturated carbocycles. The van der Waals surface area contributed by atoms with Crippen LogP contribution >= 0.6 is 0 Å². The van der Waals surface area contributed by atoms with E-state index in [4.69, 9.17) is 19.6 Å². The number of rotatable bonds is 6. The molecule has 0 amide bonds. The molecule has 8 aromatic carbocycles. The van der Waals surface area contributed by atoms with E-state index in [-0.39, 0.29) is 7.05 Å². The van der Waals surface area contributed by atoms with Crippen molar-refractivity contribution < 1.29 is 4.65 Å². The Hall–Kier alpha value is -7.55. The van der Waals surface area contributed by atoms with Crippen LogP contribution in [0.4, 0.5) is 11.4 Å². The highest BCUT2D eigenvalue weighted by Gasteiger charge is 2.47. The van der Waals surface area contributed by atoms with Gasteiger partial charge in [-0.2, -0.15) is 4.98 Å². The molecule has 6 nitrogen and oxygen atoms in total. The van der Waals surface area contributed by atoms with Gasteiger partial charge in [-0.25, -0.2) is 9.97 Å². The monoisotopic (exact) mass is 771 g/mol. The summed E-state index contributed by atoms with van der Waals surface area (Å²) < 4.78 is 8.90. The van der Waals surface area contributed by atoms with E-state index < -0.39 is 8.07 Å². The molecule has 10 aromatic rings. The van der Waals surface area contributed by atoms with Crippen molar-refractivity contribution in [2.24, 2.45) is 0 Å². The van der Waals surface area contributed by atoms with Crippen LogP contribution in [0.3, 0.4) is 0 Å². The van der Waals surface area contributed by atoms with E-state index in [0.717, 1.165) is 66.5 Å². The summed E-state index contributed by atoms with van der Waals surface area (Å²) in [6.45, 7) is 0. The largest absolute Gasteiger partial charge is 0.536 e. The van der Waals surface area contributed by atoms with Crippen molar-refractivity contribution >= 4 is 74.8 Å². The number of hydrogen-bond acceptors (Lipinski definition) is 5. The van der Waals surface area contributed by atoms with Crippen molar-refractivity contribution in [3.8, 4) is 34.2 Å². The first-order valence-electron chi connectivity index (χ1n) is 20.0. The molecule has 0 spiro atoms. The summed E-state index contributed by atoms with van der Waals surface area (Å²) in [6.07, 6.45) is 0. The lowest BCUT2D eigenvalue weighted by molar-refractivity contribution is 0.603. The number of benzene rings is 8. The number of anilines is 2. The number of fused-ring (bicyclic) bond motifs is 11. The number of aromatic nitrogens is 4. The van der Waals surface area contributed by atoms with Crippen LogP contribution in [0.15, 0.2) is 206 Å². The highest BCUT2D eigenvalue weighted by molar-refractivity contribution is 7.19. The second-order valence-corrected chi connectivity index (χ2v) is 18.8. The molecule has 59 heavy (non-hydrogen) atoms. The van der Waals surface area contributed by atoms with Gasteiger partial charge in [0.15, 0.2) is 5.82 Å². The predicted octanol–water partition coefficient (Wildman–Crippen LogP) is 7.92. The maximum Gasteiger partial charge on any atom is 0.524 e. The van der Waals surface area contributed by atoms with Gasteiger partial charge in [-0.05, 0) is 63.0 Å². The lowest BCUT2D eigenvalue weighted by Gasteiger charge is -2.32. The molecular weight excluding hydrogens is 737 g/mol. The normalized spacial score (nSPS) is 12.8. The standard InChI is InChI=1S/C51H34BN5OSi/c1-4-18-36(19-5-1)59(37-20-6-2-7-21-37,38-22-8-3-9-23-38)51-54-49(53-50(55-51)56-44-27-13-10-24-39(44)40-25-11-14-28-45(40)56)35-32-33-43-42(34-35)41-26-12-15-29-46(41)57-47-30-16-17-31-48(47)58-52(43)57/h1-34H. The Balaban J connectivity index is 1.17. The lowest BCUT2D eigenvalue weighted by Crippen LogP contribution is -2.76. The van der Waals surface area contributed by atoms with Crippen molar-refractivity contribution in [3.63, 3.8) is 0 Å². The van der Waals surface area contributed by atoms with Gasteiger partial charge in [-0.15, -0.1) is 0 Å². The molecule has 0 atom stereocenters. The Morgan fingerprint density at radius 3 is 1.64 bits per heavy atom. The van der Waals surface area contributed by atoms with Crippen LogP contribution in [0.5, 0.6) is 5.75 Å². The summed E-state index contributed by atoms with van der Waals surface area (Å²) in [5.74, 6) is 2.08. The SMILES string of the molecule is c1ccc([Si](c2ccccc2)(c2ccccc2)c2nc(-c3ccc4c(c3)-c3ccccc3N3B4Oc4ccccc43)nc(-n3c4ccccc4c4ccccc43)n2)cc1. The first kappa shape index (κ1) is 33.6. The van der Waals surface area contributed by atoms with Gasteiger partial charge in [0.2, 0.25) is 14.0 Å². The van der Waals surface area contributed by atoms with E-state index >= 15 is 0 Å². The Bertz CT molecular complexity index is 3080. The van der Waals surface area contributed by atoms with Crippen molar-refractivity contribution in [1.29, 1.82) is 0 Å². The second-order valence-electron chi connectivity index (χ2n) is 15.1. The fraction of sp³-hybridized carbons (Fsp3) is 0. The van der Waals surface area contributed by atoms with Gasteiger partial charge >= 0.3 is 7.05 Å². The van der Waals surface area contributed by atoms with Crippen LogP contribution in [0, 0.1) is 0 Å². The molecule has 0 radical (unpaired) electrons. The van der Waals surface area contributed by atoms with Crippen LogP contribution in [-0.2, 0) is 0 Å². The third-order valence-corrected chi connectivity index (χ3v) is 16.5. The Labute approximate surface area is 342 Å². The summed E-state index contributed by atoms with van der Waals surface area (Å²) in [6, 6.07) is 73.1. The summed E-state index contributed by atoms with van der Waals surface area (Å²) in [5.41, 5.74) is 9.28. The molecule has 0 fully saturated rings. The zero-order valence-electron chi connectivity index (χ0n) is 31.9. The van der Waals surface area contributed by atoms with Crippen molar-refractivity contribution in [3.05, 3.63) is 206 Å². The van der Waals surface area contributed by atoms with E-state index in [9.17, 15) is 0 Å². The van der Waals surface area contributed by atoms with Crippen molar-refractivity contribution in [1.82, 2.24) is 19.5 Å². The third kappa shape index (κ3) is 5.03. The van der Waals surface area contributed by atoms with Crippen LogP contribution in [0.2, 0.25) is 0 Å².